The fourth-order valence-corrected chi connectivity index (χ4v) is 6.02. The number of carbonyl (C=O) groups excluding carboxylic acids is 2. The molecule has 232 valence electrons. The number of amides is 2. The van der Waals surface area contributed by atoms with Crippen molar-refractivity contribution in [2.24, 2.45) is 7.05 Å². The van der Waals surface area contributed by atoms with Crippen molar-refractivity contribution in [2.45, 2.75) is 83.6 Å². The number of ether oxygens (including phenoxy) is 2. The summed E-state index contributed by atoms with van der Waals surface area (Å²) in [6.45, 7) is 12.3. The lowest BCUT2D eigenvalue weighted by Gasteiger charge is -2.41. The smallest absolute Gasteiger partial charge is 0.410 e. The molecule has 0 radical (unpaired) electrons. The van der Waals surface area contributed by atoms with Crippen LogP contribution in [-0.4, -0.2) is 68.9 Å². The molecule has 1 aromatic heterocycles. The first-order valence-corrected chi connectivity index (χ1v) is 15.6. The van der Waals surface area contributed by atoms with E-state index in [1.165, 1.54) is 5.57 Å². The molecule has 2 fully saturated rings. The normalized spacial score (nSPS) is 23.3. The Kier molecular flexibility index (Phi) is 8.95. The van der Waals surface area contributed by atoms with Crippen molar-refractivity contribution < 1.29 is 19.1 Å². The van der Waals surface area contributed by atoms with E-state index in [0.29, 0.717) is 18.1 Å². The number of rotatable bonds is 5. The van der Waals surface area contributed by atoms with E-state index in [4.69, 9.17) is 21.1 Å². The average molecular weight is 610 g/mol. The van der Waals surface area contributed by atoms with Crippen molar-refractivity contribution in [2.75, 3.05) is 26.2 Å². The summed E-state index contributed by atoms with van der Waals surface area (Å²) in [5, 5.41) is 3.80. The number of piperazine rings is 1. The number of fused-ring (bicyclic) bond motifs is 1. The number of nitrogens with one attached hydrogen (secondary N) is 1. The number of hydrogen-bond donors (Lipinski definition) is 1. The lowest BCUT2D eigenvalue weighted by Crippen LogP contribution is -2.51. The van der Waals surface area contributed by atoms with Crippen molar-refractivity contribution in [1.82, 2.24) is 24.7 Å². The van der Waals surface area contributed by atoms with Crippen LogP contribution in [0, 0.1) is 0 Å². The van der Waals surface area contributed by atoms with Gasteiger partial charge in [0.25, 0.3) is 0 Å². The lowest BCUT2D eigenvalue weighted by molar-refractivity contribution is 0.0101. The third-order valence-electron chi connectivity index (χ3n) is 8.56. The van der Waals surface area contributed by atoms with Crippen molar-refractivity contribution >= 4 is 29.4 Å². The molecule has 2 atom stereocenters. The molecule has 1 aromatic carbocycles. The van der Waals surface area contributed by atoms with Gasteiger partial charge < -0.3 is 24.3 Å². The lowest BCUT2D eigenvalue weighted by atomic mass is 9.82. The highest BCUT2D eigenvalue weighted by Gasteiger charge is 2.42. The first-order valence-electron chi connectivity index (χ1n) is 15.2. The van der Waals surface area contributed by atoms with Crippen LogP contribution in [0.5, 0.6) is 0 Å². The zero-order valence-electron chi connectivity index (χ0n) is 26.2. The first-order chi connectivity index (χ1) is 20.4. The maximum Gasteiger partial charge on any atom is 0.410 e. The molecule has 2 heterocycles. The number of halogens is 1. The molecule has 5 rings (SSSR count). The predicted molar refractivity (Wildman–Crippen MR) is 168 cm³/mol. The van der Waals surface area contributed by atoms with E-state index in [0.717, 1.165) is 61.2 Å². The molecule has 9 nitrogen and oxygen atoms in total. The summed E-state index contributed by atoms with van der Waals surface area (Å²) in [6.07, 6.45) is 10.5. The number of benzene rings is 1. The van der Waals surface area contributed by atoms with Gasteiger partial charge in [0.1, 0.15) is 11.2 Å². The van der Waals surface area contributed by atoms with Crippen LogP contribution in [0.25, 0.3) is 5.57 Å². The molecule has 3 aliphatic rings. The monoisotopic (exact) mass is 609 g/mol. The molecule has 10 heteroatoms. The first kappa shape index (κ1) is 31.1. The summed E-state index contributed by atoms with van der Waals surface area (Å²) < 4.78 is 13.4. The minimum absolute atomic E-state index is 0.0625. The molecule has 43 heavy (non-hydrogen) atoms. The summed E-state index contributed by atoms with van der Waals surface area (Å²) >= 11 is 6.65. The fourth-order valence-electron chi connectivity index (χ4n) is 5.85. The molecule has 1 saturated carbocycles. The van der Waals surface area contributed by atoms with Crippen LogP contribution in [0.1, 0.15) is 89.2 Å². The van der Waals surface area contributed by atoms with Crippen LogP contribution in [0.3, 0.4) is 0 Å². The van der Waals surface area contributed by atoms with Gasteiger partial charge in [-0.05, 0) is 89.1 Å². The summed E-state index contributed by atoms with van der Waals surface area (Å²) in [6, 6.07) is 5.62. The highest BCUT2D eigenvalue weighted by atomic mass is 35.5. The van der Waals surface area contributed by atoms with Crippen LogP contribution in [0.4, 0.5) is 9.59 Å². The minimum atomic E-state index is -0.531. The van der Waals surface area contributed by atoms with E-state index < -0.39 is 23.3 Å². The Labute approximate surface area is 259 Å². The number of alkyl carbamates (subject to hydrolysis) is 1. The van der Waals surface area contributed by atoms with E-state index >= 15 is 0 Å². The largest absolute Gasteiger partial charge is 0.444 e. The Balaban J connectivity index is 1.49. The molecule has 2 aliphatic carbocycles. The van der Waals surface area contributed by atoms with E-state index in [9.17, 15) is 9.59 Å². The molecule has 1 saturated heterocycles. The van der Waals surface area contributed by atoms with Gasteiger partial charge in [0.2, 0.25) is 0 Å². The van der Waals surface area contributed by atoms with E-state index in [1.807, 2.05) is 51.4 Å². The molecule has 0 spiro atoms. The van der Waals surface area contributed by atoms with Crippen molar-refractivity contribution in [3.05, 3.63) is 70.3 Å². The Morgan fingerprint density at radius 3 is 2.51 bits per heavy atom. The number of imidazole rings is 1. The Morgan fingerprint density at radius 2 is 1.91 bits per heavy atom. The third-order valence-corrected chi connectivity index (χ3v) is 8.79. The predicted octanol–water partition coefficient (Wildman–Crippen LogP) is 6.81. The molecule has 2 amide bonds. The van der Waals surface area contributed by atoms with Gasteiger partial charge in [-0.25, -0.2) is 14.6 Å². The number of allylic oxidation sites excluding steroid dienone is 2. The Bertz CT molecular complexity index is 1410. The quantitative estimate of drug-likeness (QED) is 0.375. The van der Waals surface area contributed by atoms with Gasteiger partial charge in [0.15, 0.2) is 0 Å². The van der Waals surface area contributed by atoms with Crippen molar-refractivity contribution in [1.29, 1.82) is 0 Å². The molecule has 2 aromatic rings. The molecular formula is C33H44ClN5O4. The SMILES string of the molecule is C/C=C1/C/C=C(/C(NC(=O)OC2(C)CC2)c2cncn2C)c2cc(Cl)ccc2C(N2CCN(C(=O)OC(C)(C)C)CC2)C1. The van der Waals surface area contributed by atoms with E-state index in [2.05, 4.69) is 40.3 Å². The van der Waals surface area contributed by atoms with Gasteiger partial charge in [-0.15, -0.1) is 0 Å². The summed E-state index contributed by atoms with van der Waals surface area (Å²) in [4.78, 5) is 34.6. The maximum absolute atomic E-state index is 13.2. The van der Waals surface area contributed by atoms with Crippen molar-refractivity contribution in [3.8, 4) is 0 Å². The van der Waals surface area contributed by atoms with Gasteiger partial charge in [-0.2, -0.15) is 0 Å². The highest BCUT2D eigenvalue weighted by molar-refractivity contribution is 6.30. The zero-order chi connectivity index (χ0) is 30.9. The fraction of sp³-hybridized carbons (Fsp3) is 0.545. The van der Waals surface area contributed by atoms with Gasteiger partial charge >= 0.3 is 12.2 Å². The second kappa shape index (κ2) is 12.4. The molecule has 1 aliphatic heterocycles. The minimum Gasteiger partial charge on any atom is -0.444 e. The maximum atomic E-state index is 13.2. The number of carbonyl (C=O) groups is 2. The summed E-state index contributed by atoms with van der Waals surface area (Å²) in [7, 11) is 1.93. The topological polar surface area (TPSA) is 88.9 Å². The number of nitrogens with zero attached hydrogens (tertiary/aromatic N) is 4. The van der Waals surface area contributed by atoms with E-state index in [-0.39, 0.29) is 12.1 Å². The second-order valence-electron chi connectivity index (χ2n) is 13.1. The second-order valence-corrected chi connectivity index (χ2v) is 13.5. The van der Waals surface area contributed by atoms with Gasteiger partial charge in [-0.3, -0.25) is 4.90 Å². The number of aryl methyl sites for hydroxylation is 1. The molecule has 2 unspecified atom stereocenters. The number of hydrogen-bond acceptors (Lipinski definition) is 6. The Hall–Kier alpha value is -3.30. The van der Waals surface area contributed by atoms with Crippen LogP contribution >= 0.6 is 11.6 Å². The zero-order valence-corrected chi connectivity index (χ0v) is 26.9. The molecule has 0 bridgehead atoms. The van der Waals surface area contributed by atoms with Crippen LogP contribution < -0.4 is 5.32 Å². The van der Waals surface area contributed by atoms with Crippen molar-refractivity contribution in [3.63, 3.8) is 0 Å². The number of aromatic nitrogens is 2. The van der Waals surface area contributed by atoms with Crippen LogP contribution in [0.15, 0.2) is 48.4 Å². The standard InChI is InChI=1S/C33H44ClN5O4/c1-7-22-8-10-25(29(28-20-35-21-37(28)6)36-30(40)42-33(5)12-13-33)26-19-23(34)9-11-24(26)27(18-22)38-14-16-39(17-15-38)31(41)43-32(2,3)4/h7,9-11,19-21,27,29H,8,12-18H2,1-6H3,(H,36,40)/b22-7-,25-10+. The highest BCUT2D eigenvalue weighted by Crippen LogP contribution is 2.43. The van der Waals surface area contributed by atoms with Crippen LogP contribution in [-0.2, 0) is 16.5 Å². The van der Waals surface area contributed by atoms with Crippen LogP contribution in [0.2, 0.25) is 5.02 Å². The summed E-state index contributed by atoms with van der Waals surface area (Å²) in [5.41, 5.74) is 4.30. The summed E-state index contributed by atoms with van der Waals surface area (Å²) in [5.74, 6) is 0. The van der Waals surface area contributed by atoms with Gasteiger partial charge in [0, 0.05) is 44.3 Å². The third kappa shape index (κ3) is 7.44. The molecule has 1 N–H and O–H groups in total. The molecular weight excluding hydrogens is 566 g/mol. The average Bonchev–Trinajstić information content (AvgIpc) is 3.50. The van der Waals surface area contributed by atoms with Gasteiger partial charge in [0.05, 0.1) is 24.3 Å². The van der Waals surface area contributed by atoms with Gasteiger partial charge in [-0.1, -0.05) is 35.4 Å². The van der Waals surface area contributed by atoms with E-state index in [1.54, 1.807) is 17.4 Å². The Morgan fingerprint density at radius 1 is 1.19 bits per heavy atom.